The van der Waals surface area contributed by atoms with Gasteiger partial charge in [-0.1, -0.05) is 13.2 Å². The summed E-state index contributed by atoms with van der Waals surface area (Å²) in [4.78, 5) is 34.3. The van der Waals surface area contributed by atoms with Crippen LogP contribution in [0.5, 0.6) is 0 Å². The summed E-state index contributed by atoms with van der Waals surface area (Å²) >= 11 is 0. The molecule has 0 bridgehead atoms. The van der Waals surface area contributed by atoms with E-state index < -0.39 is 31.0 Å². The van der Waals surface area contributed by atoms with Gasteiger partial charge in [-0.2, -0.15) is 0 Å². The number of hydrogen-bond donors (Lipinski definition) is 0. The highest BCUT2D eigenvalue weighted by Crippen LogP contribution is 1.96. The number of esters is 1. The molecule has 0 unspecified atom stereocenters. The lowest BCUT2D eigenvalue weighted by molar-refractivity contribution is -0.152. The average molecular weight is 243 g/mol. The van der Waals surface area contributed by atoms with Crippen LogP contribution in [0.4, 0.5) is 4.39 Å². The van der Waals surface area contributed by atoms with Crippen molar-refractivity contribution in [1.82, 2.24) is 4.90 Å². The van der Waals surface area contributed by atoms with Gasteiger partial charge in [0.1, 0.15) is 6.54 Å². The fourth-order valence-electron chi connectivity index (χ4n) is 0.900. The maximum absolute atomic E-state index is 11.7. The van der Waals surface area contributed by atoms with Crippen molar-refractivity contribution in [3.05, 3.63) is 25.3 Å². The zero-order valence-corrected chi connectivity index (χ0v) is 9.36. The average Bonchev–Trinajstić information content (AvgIpc) is 2.34. The Labute approximate surface area is 98.5 Å². The number of alkyl halides is 1. The summed E-state index contributed by atoms with van der Waals surface area (Å²) < 4.78 is 16.3. The minimum absolute atomic E-state index is 0.0799. The van der Waals surface area contributed by atoms with Gasteiger partial charge in [-0.25, -0.2) is 0 Å². The number of hydrogen-bond acceptors (Lipinski definition) is 4. The van der Waals surface area contributed by atoms with Gasteiger partial charge in [-0.05, 0) is 12.2 Å². The standard InChI is InChI=1S/C11H14FNO4/c1-3-9(14)13(10(15)4-2)8-11(16)17-7-5-6-12/h3-4H,1-2,5-8H2. The highest BCUT2D eigenvalue weighted by Gasteiger charge is 2.20. The molecule has 0 aromatic heterocycles. The smallest absolute Gasteiger partial charge is 0.326 e. The molecule has 0 spiro atoms. The number of rotatable bonds is 7. The molecule has 0 fully saturated rings. The lowest BCUT2D eigenvalue weighted by atomic mass is 10.4. The van der Waals surface area contributed by atoms with Crippen LogP contribution < -0.4 is 0 Å². The van der Waals surface area contributed by atoms with E-state index in [1.54, 1.807) is 0 Å². The molecule has 0 heterocycles. The van der Waals surface area contributed by atoms with Gasteiger partial charge < -0.3 is 4.74 Å². The van der Waals surface area contributed by atoms with Crippen molar-refractivity contribution in [3.63, 3.8) is 0 Å². The van der Waals surface area contributed by atoms with Crippen LogP contribution in [0, 0.1) is 0 Å². The molecule has 2 amide bonds. The fourth-order valence-corrected chi connectivity index (χ4v) is 0.900. The van der Waals surface area contributed by atoms with E-state index in [0.717, 1.165) is 12.2 Å². The van der Waals surface area contributed by atoms with Crippen molar-refractivity contribution in [3.8, 4) is 0 Å². The summed E-state index contributed by atoms with van der Waals surface area (Å²) in [5.74, 6) is -2.24. The van der Waals surface area contributed by atoms with E-state index >= 15 is 0 Å². The second-order valence-corrected chi connectivity index (χ2v) is 2.93. The van der Waals surface area contributed by atoms with Crippen molar-refractivity contribution in [1.29, 1.82) is 0 Å². The van der Waals surface area contributed by atoms with Gasteiger partial charge in [0.25, 0.3) is 11.8 Å². The van der Waals surface area contributed by atoms with Gasteiger partial charge in [0.15, 0.2) is 0 Å². The number of nitrogens with zero attached hydrogens (tertiary/aromatic N) is 1. The number of carbonyl (C=O) groups excluding carboxylic acids is 3. The molecule has 0 aromatic rings. The topological polar surface area (TPSA) is 63.7 Å². The Hall–Kier alpha value is -1.98. The largest absolute Gasteiger partial charge is 0.464 e. The monoisotopic (exact) mass is 243 g/mol. The van der Waals surface area contributed by atoms with Crippen molar-refractivity contribution >= 4 is 17.8 Å². The summed E-state index contributed by atoms with van der Waals surface area (Å²) in [5.41, 5.74) is 0. The molecule has 0 rings (SSSR count). The van der Waals surface area contributed by atoms with E-state index in [4.69, 9.17) is 0 Å². The maximum atomic E-state index is 11.7. The SMILES string of the molecule is C=CC(=O)N(CC(=O)OCCCF)C(=O)C=C. The van der Waals surface area contributed by atoms with Gasteiger partial charge in [0.2, 0.25) is 0 Å². The van der Waals surface area contributed by atoms with Crippen LogP contribution in [-0.4, -0.2) is 42.5 Å². The first kappa shape index (κ1) is 15.0. The second-order valence-electron chi connectivity index (χ2n) is 2.93. The van der Waals surface area contributed by atoms with Crippen LogP contribution in [0.2, 0.25) is 0 Å². The van der Waals surface area contributed by atoms with Crippen molar-refractivity contribution in [2.75, 3.05) is 19.8 Å². The van der Waals surface area contributed by atoms with E-state index in [2.05, 4.69) is 17.9 Å². The fraction of sp³-hybridized carbons (Fsp3) is 0.364. The predicted molar refractivity (Wildman–Crippen MR) is 58.7 cm³/mol. The zero-order valence-electron chi connectivity index (χ0n) is 9.36. The van der Waals surface area contributed by atoms with Crippen molar-refractivity contribution < 1.29 is 23.5 Å². The first-order chi connectivity index (χ1) is 8.06. The molecule has 0 aromatic carbocycles. The normalized spacial score (nSPS) is 9.24. The summed E-state index contributed by atoms with van der Waals surface area (Å²) in [5, 5.41) is 0. The molecular weight excluding hydrogens is 229 g/mol. The molecule has 0 radical (unpaired) electrons. The Morgan fingerprint density at radius 1 is 1.18 bits per heavy atom. The lowest BCUT2D eigenvalue weighted by Crippen LogP contribution is -2.39. The number of carbonyl (C=O) groups is 3. The van der Waals surface area contributed by atoms with E-state index in [-0.39, 0.29) is 13.0 Å². The van der Waals surface area contributed by atoms with Gasteiger partial charge in [-0.3, -0.25) is 23.7 Å². The third kappa shape index (κ3) is 5.60. The number of halogens is 1. The third-order valence-electron chi connectivity index (χ3n) is 1.71. The summed E-state index contributed by atoms with van der Waals surface area (Å²) in [6.45, 7) is 5.17. The molecule has 0 aliphatic rings. The minimum Gasteiger partial charge on any atom is -0.464 e. The lowest BCUT2D eigenvalue weighted by Gasteiger charge is -2.16. The van der Waals surface area contributed by atoms with Crippen molar-refractivity contribution in [2.24, 2.45) is 0 Å². The molecule has 0 saturated carbocycles. The van der Waals surface area contributed by atoms with E-state index in [9.17, 15) is 18.8 Å². The molecular formula is C11H14FNO4. The summed E-state index contributed by atoms with van der Waals surface area (Å²) in [7, 11) is 0. The van der Waals surface area contributed by atoms with Crippen LogP contribution in [0.15, 0.2) is 25.3 Å². The van der Waals surface area contributed by atoms with Crippen LogP contribution in [0.1, 0.15) is 6.42 Å². The molecule has 0 saturated heterocycles. The van der Waals surface area contributed by atoms with Crippen LogP contribution in [-0.2, 0) is 19.1 Å². The number of ether oxygens (including phenoxy) is 1. The quantitative estimate of drug-likeness (QED) is 0.373. The molecule has 94 valence electrons. The van der Waals surface area contributed by atoms with Crippen LogP contribution in [0.3, 0.4) is 0 Å². The maximum Gasteiger partial charge on any atom is 0.326 e. The Balaban J connectivity index is 4.38. The van der Waals surface area contributed by atoms with Gasteiger partial charge >= 0.3 is 5.97 Å². The zero-order chi connectivity index (χ0) is 13.3. The second kappa shape index (κ2) is 8.20. The molecule has 6 heteroatoms. The van der Waals surface area contributed by atoms with E-state index in [0.29, 0.717) is 4.90 Å². The van der Waals surface area contributed by atoms with Crippen molar-refractivity contribution in [2.45, 2.75) is 6.42 Å². The molecule has 0 atom stereocenters. The Morgan fingerprint density at radius 2 is 1.71 bits per heavy atom. The number of amides is 2. The predicted octanol–water partition coefficient (Wildman–Crippen LogP) is 0.616. The molecule has 17 heavy (non-hydrogen) atoms. The molecule has 0 N–H and O–H groups in total. The summed E-state index contributed by atoms with van der Waals surface area (Å²) in [6, 6.07) is 0. The Morgan fingerprint density at radius 3 is 2.12 bits per heavy atom. The highest BCUT2D eigenvalue weighted by atomic mass is 19.1. The first-order valence-electron chi connectivity index (χ1n) is 4.88. The number of imide groups is 1. The minimum atomic E-state index is -0.788. The highest BCUT2D eigenvalue weighted by molar-refractivity contribution is 6.06. The molecule has 5 nitrogen and oxygen atoms in total. The molecule has 0 aliphatic heterocycles. The summed E-state index contributed by atoms with van der Waals surface area (Å²) in [6.07, 6.45) is 1.88. The van der Waals surface area contributed by atoms with E-state index in [1.807, 2.05) is 0 Å². The van der Waals surface area contributed by atoms with Crippen LogP contribution in [0.25, 0.3) is 0 Å². The third-order valence-corrected chi connectivity index (χ3v) is 1.71. The van der Waals surface area contributed by atoms with Gasteiger partial charge in [0.05, 0.1) is 13.3 Å². The Kier molecular flexibility index (Phi) is 7.25. The molecule has 0 aliphatic carbocycles. The van der Waals surface area contributed by atoms with Gasteiger partial charge in [0, 0.05) is 6.42 Å². The van der Waals surface area contributed by atoms with Crippen LogP contribution >= 0.6 is 0 Å². The first-order valence-corrected chi connectivity index (χ1v) is 4.88. The van der Waals surface area contributed by atoms with E-state index in [1.165, 1.54) is 0 Å². The Bertz CT molecular complexity index is 307. The van der Waals surface area contributed by atoms with Gasteiger partial charge in [-0.15, -0.1) is 0 Å².